The maximum absolute atomic E-state index is 12.9. The SMILES string of the molecule is O=C(Nc1cccc(C#Cc2cnc3cccnn23)c1)N1N=CCC1c1cccc(Cl)c1.O=C(O)C(F)(F)F. The molecule has 1 aliphatic heterocycles. The molecule has 1 atom stereocenters. The van der Waals surface area contributed by atoms with E-state index in [0.717, 1.165) is 16.8 Å². The molecule has 39 heavy (non-hydrogen) atoms. The molecule has 13 heteroatoms. The lowest BCUT2D eigenvalue weighted by atomic mass is 10.1. The van der Waals surface area contributed by atoms with E-state index in [2.05, 4.69) is 32.3 Å². The van der Waals surface area contributed by atoms with Crippen molar-refractivity contribution >= 4 is 41.2 Å². The van der Waals surface area contributed by atoms with E-state index in [4.69, 9.17) is 21.5 Å². The van der Waals surface area contributed by atoms with Gasteiger partial charge in [-0.1, -0.05) is 35.7 Å². The van der Waals surface area contributed by atoms with Crippen LogP contribution in [0.25, 0.3) is 5.65 Å². The number of hydrazone groups is 1. The number of carbonyl (C=O) groups excluding carboxylic acids is 1. The normalized spacial score (nSPS) is 14.3. The molecule has 0 radical (unpaired) electrons. The van der Waals surface area contributed by atoms with Crippen LogP contribution >= 0.6 is 11.6 Å². The third-order valence-corrected chi connectivity index (χ3v) is 5.48. The lowest BCUT2D eigenvalue weighted by Gasteiger charge is -2.22. The Morgan fingerprint density at radius 3 is 2.59 bits per heavy atom. The van der Waals surface area contributed by atoms with Crippen LogP contribution in [0, 0.1) is 11.8 Å². The van der Waals surface area contributed by atoms with E-state index < -0.39 is 12.1 Å². The van der Waals surface area contributed by atoms with Gasteiger partial charge in [-0.2, -0.15) is 23.4 Å². The highest BCUT2D eigenvalue weighted by molar-refractivity contribution is 6.30. The van der Waals surface area contributed by atoms with Crippen LogP contribution in [-0.4, -0.2) is 49.1 Å². The first-order chi connectivity index (χ1) is 18.6. The quantitative estimate of drug-likeness (QED) is 0.323. The third-order valence-electron chi connectivity index (χ3n) is 5.24. The van der Waals surface area contributed by atoms with Gasteiger partial charge in [0.2, 0.25) is 0 Å². The number of carboxylic acid groups (broad SMARTS) is 1. The molecule has 9 nitrogen and oxygen atoms in total. The van der Waals surface area contributed by atoms with Crippen molar-refractivity contribution in [2.75, 3.05) is 5.32 Å². The molecule has 0 spiro atoms. The van der Waals surface area contributed by atoms with Gasteiger partial charge in [-0.15, -0.1) is 0 Å². The number of anilines is 1. The molecule has 0 aliphatic carbocycles. The van der Waals surface area contributed by atoms with Crippen molar-refractivity contribution in [3.63, 3.8) is 0 Å². The van der Waals surface area contributed by atoms with Crippen LogP contribution in [0.2, 0.25) is 5.02 Å². The van der Waals surface area contributed by atoms with Gasteiger partial charge in [0.15, 0.2) is 5.65 Å². The predicted octanol–water partition coefficient (Wildman–Crippen LogP) is 5.38. The number of nitrogens with zero attached hydrogens (tertiary/aromatic N) is 5. The van der Waals surface area contributed by atoms with Crippen LogP contribution in [-0.2, 0) is 4.79 Å². The van der Waals surface area contributed by atoms with Gasteiger partial charge in [-0.3, -0.25) is 0 Å². The van der Waals surface area contributed by atoms with Gasteiger partial charge in [-0.25, -0.2) is 24.1 Å². The first-order valence-electron chi connectivity index (χ1n) is 11.2. The summed E-state index contributed by atoms with van der Waals surface area (Å²) in [5.74, 6) is 3.43. The molecule has 3 heterocycles. The third kappa shape index (κ3) is 6.91. The summed E-state index contributed by atoms with van der Waals surface area (Å²) in [5, 5.41) is 20.6. The molecule has 2 aromatic heterocycles. The minimum Gasteiger partial charge on any atom is -0.475 e. The Morgan fingerprint density at radius 1 is 1.08 bits per heavy atom. The van der Waals surface area contributed by atoms with Gasteiger partial charge in [0.05, 0.1) is 12.2 Å². The van der Waals surface area contributed by atoms with Gasteiger partial charge < -0.3 is 10.4 Å². The van der Waals surface area contributed by atoms with Crippen LogP contribution < -0.4 is 5.32 Å². The molecule has 2 aromatic carbocycles. The minimum absolute atomic E-state index is 0.195. The fourth-order valence-electron chi connectivity index (χ4n) is 3.51. The van der Waals surface area contributed by atoms with Gasteiger partial charge in [0, 0.05) is 35.1 Å². The lowest BCUT2D eigenvalue weighted by molar-refractivity contribution is -0.192. The molecule has 0 bridgehead atoms. The monoisotopic (exact) mass is 554 g/mol. The number of hydrogen-bond acceptors (Lipinski definition) is 5. The fourth-order valence-corrected chi connectivity index (χ4v) is 3.71. The molecule has 0 fully saturated rings. The number of carboxylic acids is 1. The average Bonchev–Trinajstić information content (AvgIpc) is 3.55. The number of aliphatic carboxylic acids is 1. The topological polar surface area (TPSA) is 112 Å². The molecular weight excluding hydrogens is 537 g/mol. The number of urea groups is 1. The van der Waals surface area contributed by atoms with Crippen molar-refractivity contribution < 1.29 is 27.9 Å². The van der Waals surface area contributed by atoms with Crippen molar-refractivity contribution in [2.45, 2.75) is 18.6 Å². The summed E-state index contributed by atoms with van der Waals surface area (Å²) in [4.78, 5) is 26.1. The smallest absolute Gasteiger partial charge is 0.475 e. The van der Waals surface area contributed by atoms with Crippen molar-refractivity contribution in [3.8, 4) is 11.8 Å². The summed E-state index contributed by atoms with van der Waals surface area (Å²) in [6.45, 7) is 0. The van der Waals surface area contributed by atoms with Crippen molar-refractivity contribution in [2.24, 2.45) is 5.10 Å². The van der Waals surface area contributed by atoms with Crippen LogP contribution in [0.15, 0.2) is 78.2 Å². The molecule has 2 N–H and O–H groups in total. The highest BCUT2D eigenvalue weighted by atomic mass is 35.5. The first-order valence-corrected chi connectivity index (χ1v) is 11.6. The maximum Gasteiger partial charge on any atom is 0.490 e. The molecule has 198 valence electrons. The van der Waals surface area contributed by atoms with Gasteiger partial charge in [0.1, 0.15) is 5.69 Å². The van der Waals surface area contributed by atoms with E-state index in [-0.39, 0.29) is 12.1 Å². The van der Waals surface area contributed by atoms with Gasteiger partial charge in [0.25, 0.3) is 0 Å². The Bertz CT molecular complexity index is 1610. The van der Waals surface area contributed by atoms with Crippen molar-refractivity contribution in [1.82, 2.24) is 19.6 Å². The number of rotatable bonds is 2. The Hall–Kier alpha value is -4.89. The lowest BCUT2D eigenvalue weighted by Crippen LogP contribution is -2.31. The molecule has 5 rings (SSSR count). The predicted molar refractivity (Wildman–Crippen MR) is 137 cm³/mol. The second-order valence-electron chi connectivity index (χ2n) is 7.95. The minimum atomic E-state index is -5.08. The Balaban J connectivity index is 0.000000448. The second kappa shape index (κ2) is 11.7. The Kier molecular flexibility index (Phi) is 8.12. The number of aromatic nitrogens is 3. The summed E-state index contributed by atoms with van der Waals surface area (Å²) in [7, 11) is 0. The number of benzene rings is 2. The number of hydrogen-bond donors (Lipinski definition) is 2. The number of carbonyl (C=O) groups is 2. The molecule has 4 aromatic rings. The Labute approximate surface area is 224 Å². The zero-order valence-electron chi connectivity index (χ0n) is 19.8. The first kappa shape index (κ1) is 27.2. The molecular formula is C26H18ClF3N6O3. The summed E-state index contributed by atoms with van der Waals surface area (Å²) >= 11 is 6.11. The van der Waals surface area contributed by atoms with Crippen molar-refractivity contribution in [3.05, 3.63) is 94.9 Å². The highest BCUT2D eigenvalue weighted by Gasteiger charge is 2.38. The zero-order chi connectivity index (χ0) is 28.0. The Morgan fingerprint density at radius 2 is 1.85 bits per heavy atom. The number of alkyl halides is 3. The van der Waals surface area contributed by atoms with E-state index in [1.807, 2.05) is 54.6 Å². The summed E-state index contributed by atoms with van der Waals surface area (Å²) in [5.41, 5.74) is 3.74. The van der Waals surface area contributed by atoms with Gasteiger partial charge >= 0.3 is 18.2 Å². The second-order valence-corrected chi connectivity index (χ2v) is 8.39. The van der Waals surface area contributed by atoms with Crippen LogP contribution in [0.5, 0.6) is 0 Å². The number of nitrogens with one attached hydrogen (secondary N) is 1. The highest BCUT2D eigenvalue weighted by Crippen LogP contribution is 2.30. The summed E-state index contributed by atoms with van der Waals surface area (Å²) in [6, 6.07) is 18.0. The van der Waals surface area contributed by atoms with Gasteiger partial charge in [-0.05, 0) is 53.9 Å². The number of amides is 2. The number of halogens is 4. The summed E-state index contributed by atoms with van der Waals surface area (Å²) in [6.07, 6.45) is 0.652. The molecule has 1 aliphatic rings. The van der Waals surface area contributed by atoms with E-state index in [0.29, 0.717) is 22.8 Å². The molecule has 0 saturated heterocycles. The molecule has 2 amide bonds. The van der Waals surface area contributed by atoms with Crippen LogP contribution in [0.3, 0.4) is 0 Å². The molecule has 0 saturated carbocycles. The molecule has 1 unspecified atom stereocenters. The number of fused-ring (bicyclic) bond motifs is 1. The fraction of sp³-hybridized carbons (Fsp3) is 0.115. The van der Waals surface area contributed by atoms with Crippen LogP contribution in [0.4, 0.5) is 23.7 Å². The maximum atomic E-state index is 12.9. The summed E-state index contributed by atoms with van der Waals surface area (Å²) < 4.78 is 33.4. The average molecular weight is 555 g/mol. The van der Waals surface area contributed by atoms with E-state index in [1.165, 1.54) is 5.01 Å². The zero-order valence-corrected chi connectivity index (χ0v) is 20.6. The van der Waals surface area contributed by atoms with Crippen molar-refractivity contribution in [1.29, 1.82) is 0 Å². The van der Waals surface area contributed by atoms with E-state index in [9.17, 15) is 18.0 Å². The van der Waals surface area contributed by atoms with E-state index >= 15 is 0 Å². The standard InChI is InChI=1S/C24H17ClN6O.C2HF3O2/c25-19-6-2-5-18(15-19)22-11-13-28-31(22)24(32)29-20-7-1-4-17(14-20)9-10-21-16-26-23-8-3-12-27-30(21)23;3-2(4,5)1(6)7/h1-8,12-16,22H,11H2,(H,29,32);(H,6,7). The number of imidazole rings is 1. The van der Waals surface area contributed by atoms with Crippen LogP contribution in [0.1, 0.15) is 29.3 Å². The van der Waals surface area contributed by atoms with E-state index in [1.54, 1.807) is 29.2 Å². The largest absolute Gasteiger partial charge is 0.490 e.